The molecule has 1 aliphatic heterocycles. The molecular formula is C19H30ClN3OS. The van der Waals surface area contributed by atoms with Crippen molar-refractivity contribution in [2.24, 2.45) is 5.92 Å². The highest BCUT2D eigenvalue weighted by molar-refractivity contribution is 7.11. The summed E-state index contributed by atoms with van der Waals surface area (Å²) in [6, 6.07) is 0.640. The van der Waals surface area contributed by atoms with E-state index in [0.717, 1.165) is 38.1 Å². The Labute approximate surface area is 161 Å². The van der Waals surface area contributed by atoms with Crippen LogP contribution in [0, 0.1) is 5.92 Å². The molecule has 0 bridgehead atoms. The molecule has 6 heteroatoms. The SMILES string of the molecule is Cl.O=C(NCCCc1nc2c(s1)CCCC2)C1CC2CCCCC2N1. The fraction of sp³-hybridized carbons (Fsp3) is 0.789. The Morgan fingerprint density at radius 2 is 2.04 bits per heavy atom. The van der Waals surface area contributed by atoms with Gasteiger partial charge in [-0.2, -0.15) is 0 Å². The zero-order valence-corrected chi connectivity index (χ0v) is 16.5. The number of carbonyl (C=O) groups excluding carboxylic acids is 1. The fourth-order valence-electron chi connectivity index (χ4n) is 4.61. The summed E-state index contributed by atoms with van der Waals surface area (Å²) in [5.74, 6) is 0.943. The number of aromatic nitrogens is 1. The Hall–Kier alpha value is -0.650. The van der Waals surface area contributed by atoms with Gasteiger partial charge in [0.1, 0.15) is 0 Å². The topological polar surface area (TPSA) is 54.0 Å². The van der Waals surface area contributed by atoms with E-state index in [9.17, 15) is 4.79 Å². The lowest BCUT2D eigenvalue weighted by Crippen LogP contribution is -2.43. The molecule has 0 spiro atoms. The zero-order valence-electron chi connectivity index (χ0n) is 14.9. The molecular weight excluding hydrogens is 354 g/mol. The van der Waals surface area contributed by atoms with Crippen LogP contribution in [0.5, 0.6) is 0 Å². The zero-order chi connectivity index (χ0) is 16.4. The Morgan fingerprint density at radius 1 is 1.20 bits per heavy atom. The van der Waals surface area contributed by atoms with E-state index in [0.29, 0.717) is 6.04 Å². The minimum Gasteiger partial charge on any atom is -0.355 e. The van der Waals surface area contributed by atoms with Gasteiger partial charge in [0.15, 0.2) is 0 Å². The van der Waals surface area contributed by atoms with Gasteiger partial charge in [0.25, 0.3) is 0 Å². The third-order valence-corrected chi connectivity index (χ3v) is 7.15. The maximum absolute atomic E-state index is 12.4. The van der Waals surface area contributed by atoms with Crippen molar-refractivity contribution in [1.29, 1.82) is 0 Å². The predicted octanol–water partition coefficient (Wildman–Crippen LogP) is 3.41. The van der Waals surface area contributed by atoms with Crippen molar-refractivity contribution < 1.29 is 4.79 Å². The molecule has 1 saturated carbocycles. The van der Waals surface area contributed by atoms with Crippen LogP contribution in [0.3, 0.4) is 0 Å². The maximum atomic E-state index is 12.4. The molecule has 1 aromatic heterocycles. The van der Waals surface area contributed by atoms with Crippen molar-refractivity contribution in [2.75, 3.05) is 6.54 Å². The first kappa shape index (κ1) is 19.1. The molecule has 2 fully saturated rings. The lowest BCUT2D eigenvalue weighted by molar-refractivity contribution is -0.122. The summed E-state index contributed by atoms with van der Waals surface area (Å²) in [7, 11) is 0. The van der Waals surface area contributed by atoms with Crippen LogP contribution in [0.25, 0.3) is 0 Å². The predicted molar refractivity (Wildman–Crippen MR) is 105 cm³/mol. The number of rotatable bonds is 5. The minimum atomic E-state index is 0. The lowest BCUT2D eigenvalue weighted by atomic mass is 9.85. The molecule has 1 aromatic rings. The summed E-state index contributed by atoms with van der Waals surface area (Å²) < 4.78 is 0. The standard InChI is InChI=1S/C19H29N3OS.ClH/c23-19(16-12-13-6-1-2-7-14(13)21-16)20-11-5-10-18-22-15-8-3-4-9-17(15)24-18;/h13-14,16,21H,1-12H2,(H,20,23);1H. The van der Waals surface area contributed by atoms with Gasteiger partial charge in [-0.15, -0.1) is 23.7 Å². The number of carbonyl (C=O) groups is 1. The lowest BCUT2D eigenvalue weighted by Gasteiger charge is -2.24. The number of aryl methyl sites for hydroxylation is 3. The Balaban J connectivity index is 0.00000182. The second kappa shape index (κ2) is 8.83. The van der Waals surface area contributed by atoms with Crippen LogP contribution in [-0.4, -0.2) is 29.5 Å². The van der Waals surface area contributed by atoms with E-state index in [2.05, 4.69) is 10.6 Å². The van der Waals surface area contributed by atoms with Crippen molar-refractivity contribution in [1.82, 2.24) is 15.6 Å². The third kappa shape index (κ3) is 4.55. The maximum Gasteiger partial charge on any atom is 0.237 e. The van der Waals surface area contributed by atoms with Gasteiger partial charge >= 0.3 is 0 Å². The van der Waals surface area contributed by atoms with Crippen molar-refractivity contribution in [2.45, 2.75) is 82.7 Å². The molecule has 3 unspecified atom stereocenters. The van der Waals surface area contributed by atoms with Gasteiger partial charge in [-0.3, -0.25) is 4.79 Å². The van der Waals surface area contributed by atoms with Crippen LogP contribution >= 0.6 is 23.7 Å². The molecule has 0 aromatic carbocycles. The van der Waals surface area contributed by atoms with Crippen LogP contribution < -0.4 is 10.6 Å². The van der Waals surface area contributed by atoms with Crippen LogP contribution in [0.15, 0.2) is 0 Å². The molecule has 2 aliphatic carbocycles. The molecule has 4 nitrogen and oxygen atoms in total. The van der Waals surface area contributed by atoms with E-state index < -0.39 is 0 Å². The summed E-state index contributed by atoms with van der Waals surface area (Å²) in [5, 5.41) is 7.97. The number of hydrogen-bond acceptors (Lipinski definition) is 4. The molecule has 4 rings (SSSR count). The van der Waals surface area contributed by atoms with E-state index in [1.807, 2.05) is 11.3 Å². The molecule has 25 heavy (non-hydrogen) atoms. The first-order chi connectivity index (χ1) is 11.8. The summed E-state index contributed by atoms with van der Waals surface area (Å²) in [4.78, 5) is 18.7. The van der Waals surface area contributed by atoms with Gasteiger partial charge < -0.3 is 10.6 Å². The largest absolute Gasteiger partial charge is 0.355 e. The van der Waals surface area contributed by atoms with Crippen LogP contribution in [0.4, 0.5) is 0 Å². The number of hydrogen-bond donors (Lipinski definition) is 2. The summed E-state index contributed by atoms with van der Waals surface area (Å²) in [6.07, 6.45) is 13.3. The van der Waals surface area contributed by atoms with Gasteiger partial charge in [0.05, 0.1) is 16.7 Å². The first-order valence-electron chi connectivity index (χ1n) is 9.81. The molecule has 1 amide bonds. The normalized spacial score (nSPS) is 27.9. The van der Waals surface area contributed by atoms with Crippen molar-refractivity contribution in [3.05, 3.63) is 15.6 Å². The molecule has 3 atom stereocenters. The fourth-order valence-corrected chi connectivity index (χ4v) is 5.81. The van der Waals surface area contributed by atoms with Gasteiger partial charge in [0, 0.05) is 23.9 Å². The van der Waals surface area contributed by atoms with Crippen molar-refractivity contribution in [3.63, 3.8) is 0 Å². The highest BCUT2D eigenvalue weighted by atomic mass is 35.5. The van der Waals surface area contributed by atoms with E-state index >= 15 is 0 Å². The summed E-state index contributed by atoms with van der Waals surface area (Å²) in [5.41, 5.74) is 1.35. The number of thiazole rings is 1. The average molecular weight is 384 g/mol. The minimum absolute atomic E-state index is 0. The summed E-state index contributed by atoms with van der Waals surface area (Å²) >= 11 is 1.90. The quantitative estimate of drug-likeness (QED) is 0.766. The van der Waals surface area contributed by atoms with E-state index in [1.165, 1.54) is 60.5 Å². The van der Waals surface area contributed by atoms with Gasteiger partial charge in [0.2, 0.25) is 5.91 Å². The number of halogens is 1. The second-order valence-corrected chi connectivity index (χ2v) is 8.85. The molecule has 0 radical (unpaired) electrons. The molecule has 140 valence electrons. The van der Waals surface area contributed by atoms with E-state index in [4.69, 9.17) is 4.98 Å². The number of nitrogens with zero attached hydrogens (tertiary/aromatic N) is 1. The highest BCUT2D eigenvalue weighted by Gasteiger charge is 2.37. The molecule has 3 aliphatic rings. The van der Waals surface area contributed by atoms with E-state index in [-0.39, 0.29) is 24.4 Å². The highest BCUT2D eigenvalue weighted by Crippen LogP contribution is 2.33. The molecule has 2 N–H and O–H groups in total. The number of fused-ring (bicyclic) bond motifs is 2. The van der Waals surface area contributed by atoms with Crippen LogP contribution in [0.2, 0.25) is 0 Å². The second-order valence-electron chi connectivity index (χ2n) is 7.69. The third-order valence-electron chi connectivity index (χ3n) is 5.94. The first-order valence-corrected chi connectivity index (χ1v) is 10.6. The Bertz CT molecular complexity index is 554. The van der Waals surface area contributed by atoms with Gasteiger partial charge in [-0.05, 0) is 57.3 Å². The Kier molecular flexibility index (Phi) is 6.75. The van der Waals surface area contributed by atoms with Crippen LogP contribution in [0.1, 0.15) is 66.9 Å². The monoisotopic (exact) mass is 383 g/mol. The van der Waals surface area contributed by atoms with Crippen molar-refractivity contribution in [3.8, 4) is 0 Å². The van der Waals surface area contributed by atoms with E-state index in [1.54, 1.807) is 0 Å². The molecule has 1 saturated heterocycles. The van der Waals surface area contributed by atoms with Gasteiger partial charge in [-0.25, -0.2) is 4.98 Å². The van der Waals surface area contributed by atoms with Gasteiger partial charge in [-0.1, -0.05) is 12.8 Å². The Morgan fingerprint density at radius 3 is 2.88 bits per heavy atom. The average Bonchev–Trinajstić information content (AvgIpc) is 3.21. The van der Waals surface area contributed by atoms with Crippen LogP contribution in [-0.2, 0) is 24.1 Å². The number of amides is 1. The number of nitrogens with one attached hydrogen (secondary N) is 2. The summed E-state index contributed by atoms with van der Waals surface area (Å²) in [6.45, 7) is 0.774. The molecule has 2 heterocycles. The van der Waals surface area contributed by atoms with Crippen molar-refractivity contribution >= 4 is 29.7 Å². The smallest absolute Gasteiger partial charge is 0.237 e.